The molecule has 1 fully saturated rings. The third-order valence-electron chi connectivity index (χ3n) is 4.95. The Balaban J connectivity index is 1.53. The summed E-state index contributed by atoms with van der Waals surface area (Å²) in [6.07, 6.45) is 1.64. The van der Waals surface area contributed by atoms with Crippen LogP contribution in [0.4, 0.5) is 9.18 Å². The number of hydrogen-bond donors (Lipinski definition) is 0. The Morgan fingerprint density at radius 3 is 2.56 bits per heavy atom. The van der Waals surface area contributed by atoms with Gasteiger partial charge in [-0.25, -0.2) is 4.39 Å². The van der Waals surface area contributed by atoms with Crippen LogP contribution in [0.25, 0.3) is 6.08 Å². The first-order valence-corrected chi connectivity index (χ1v) is 12.1. The van der Waals surface area contributed by atoms with Gasteiger partial charge in [-0.3, -0.25) is 14.5 Å². The van der Waals surface area contributed by atoms with E-state index in [2.05, 4.69) is 15.9 Å². The van der Waals surface area contributed by atoms with Gasteiger partial charge in [0, 0.05) is 5.02 Å². The van der Waals surface area contributed by atoms with E-state index in [1.807, 2.05) is 6.07 Å². The van der Waals surface area contributed by atoms with Gasteiger partial charge in [0.15, 0.2) is 11.5 Å². The first-order valence-electron chi connectivity index (χ1n) is 10.1. The lowest BCUT2D eigenvalue weighted by Gasteiger charge is -2.14. The molecule has 3 aromatic carbocycles. The molecule has 174 valence electrons. The predicted octanol–water partition coefficient (Wildman–Crippen LogP) is 7.07. The molecule has 0 atom stereocenters. The molecular weight excluding hydrogens is 545 g/mol. The molecule has 1 heterocycles. The van der Waals surface area contributed by atoms with Crippen molar-refractivity contribution in [3.63, 3.8) is 0 Å². The summed E-state index contributed by atoms with van der Waals surface area (Å²) >= 11 is 10.4. The molecule has 1 aliphatic heterocycles. The van der Waals surface area contributed by atoms with Crippen LogP contribution < -0.4 is 9.47 Å². The predicted molar refractivity (Wildman–Crippen MR) is 134 cm³/mol. The van der Waals surface area contributed by atoms with Gasteiger partial charge in [0.1, 0.15) is 12.4 Å². The lowest BCUT2D eigenvalue weighted by molar-refractivity contribution is -0.123. The molecule has 5 nitrogen and oxygen atoms in total. The van der Waals surface area contributed by atoms with E-state index in [-0.39, 0.29) is 30.1 Å². The molecule has 0 spiro atoms. The van der Waals surface area contributed by atoms with Gasteiger partial charge in [0.05, 0.1) is 23.0 Å². The summed E-state index contributed by atoms with van der Waals surface area (Å²) in [7, 11) is 1.51. The van der Waals surface area contributed by atoms with Crippen LogP contribution >= 0.6 is 39.3 Å². The van der Waals surface area contributed by atoms with Crippen molar-refractivity contribution in [2.45, 2.75) is 13.2 Å². The van der Waals surface area contributed by atoms with Crippen molar-refractivity contribution in [3.05, 3.63) is 97.6 Å². The van der Waals surface area contributed by atoms with Crippen LogP contribution in [0.2, 0.25) is 5.02 Å². The number of rotatable bonds is 7. The topological polar surface area (TPSA) is 55.8 Å². The van der Waals surface area contributed by atoms with E-state index >= 15 is 0 Å². The van der Waals surface area contributed by atoms with Crippen LogP contribution in [-0.2, 0) is 17.9 Å². The van der Waals surface area contributed by atoms with E-state index in [9.17, 15) is 14.0 Å². The van der Waals surface area contributed by atoms with Crippen molar-refractivity contribution in [2.75, 3.05) is 7.11 Å². The SMILES string of the molecule is COc1cc(/C=C2\SC(=O)N(Cc3cccc(Cl)c3)C2=O)cc(Br)c1OCc1ccc(F)cc1. The van der Waals surface area contributed by atoms with Crippen LogP contribution in [-0.4, -0.2) is 23.2 Å². The lowest BCUT2D eigenvalue weighted by Crippen LogP contribution is -2.27. The molecule has 0 aromatic heterocycles. The summed E-state index contributed by atoms with van der Waals surface area (Å²) in [4.78, 5) is 26.9. The third kappa shape index (κ3) is 5.63. The number of nitrogens with zero attached hydrogens (tertiary/aromatic N) is 1. The Bertz CT molecular complexity index is 1280. The highest BCUT2D eigenvalue weighted by Gasteiger charge is 2.35. The standard InChI is InChI=1S/C25H18BrClFNO4S/c1-32-21-11-17(10-20(26)23(21)33-14-15-5-7-19(28)8-6-15)12-22-24(30)29(25(31)34-22)13-16-3-2-4-18(27)9-16/h2-12H,13-14H2,1H3/b22-12-. The van der Waals surface area contributed by atoms with Crippen LogP contribution in [0.15, 0.2) is 70.0 Å². The number of imide groups is 1. The number of hydrogen-bond acceptors (Lipinski definition) is 5. The fraction of sp³-hybridized carbons (Fsp3) is 0.120. The van der Waals surface area contributed by atoms with Gasteiger partial charge >= 0.3 is 0 Å². The third-order valence-corrected chi connectivity index (χ3v) is 6.68. The summed E-state index contributed by atoms with van der Waals surface area (Å²) in [6, 6.07) is 16.6. The van der Waals surface area contributed by atoms with Gasteiger partial charge in [-0.15, -0.1) is 0 Å². The fourth-order valence-electron chi connectivity index (χ4n) is 3.30. The second-order valence-electron chi connectivity index (χ2n) is 7.35. The van der Waals surface area contributed by atoms with Crippen molar-refractivity contribution < 1.29 is 23.5 Å². The number of amides is 2. The molecule has 0 unspecified atom stereocenters. The largest absolute Gasteiger partial charge is 0.493 e. The zero-order valence-corrected chi connectivity index (χ0v) is 21.0. The Morgan fingerprint density at radius 2 is 1.85 bits per heavy atom. The number of halogens is 3. The number of benzene rings is 3. The van der Waals surface area contributed by atoms with E-state index in [1.165, 1.54) is 24.1 Å². The molecule has 4 rings (SSSR count). The number of methoxy groups -OCH3 is 1. The molecule has 0 bridgehead atoms. The van der Waals surface area contributed by atoms with Crippen LogP contribution in [0, 0.1) is 5.82 Å². The van der Waals surface area contributed by atoms with Gasteiger partial charge < -0.3 is 9.47 Å². The maximum Gasteiger partial charge on any atom is 0.293 e. The molecule has 34 heavy (non-hydrogen) atoms. The van der Waals surface area contributed by atoms with Gasteiger partial charge in [0.25, 0.3) is 11.1 Å². The smallest absolute Gasteiger partial charge is 0.293 e. The summed E-state index contributed by atoms with van der Waals surface area (Å²) in [6.45, 7) is 0.364. The summed E-state index contributed by atoms with van der Waals surface area (Å²) in [5.74, 6) is 0.226. The van der Waals surface area contributed by atoms with Crippen molar-refractivity contribution in [1.82, 2.24) is 4.90 Å². The first-order chi connectivity index (χ1) is 16.3. The number of carbonyl (C=O) groups excluding carboxylic acids is 2. The summed E-state index contributed by atoms with van der Waals surface area (Å²) in [5, 5.41) is 0.195. The normalized spacial score (nSPS) is 14.7. The highest BCUT2D eigenvalue weighted by Crippen LogP contribution is 2.39. The van der Waals surface area contributed by atoms with E-state index in [1.54, 1.807) is 48.5 Å². The Morgan fingerprint density at radius 1 is 1.09 bits per heavy atom. The van der Waals surface area contributed by atoms with Gasteiger partial charge in [-0.05, 0) is 86.9 Å². The highest BCUT2D eigenvalue weighted by atomic mass is 79.9. The number of ether oxygens (including phenoxy) is 2. The van der Waals surface area contributed by atoms with Crippen LogP contribution in [0.1, 0.15) is 16.7 Å². The zero-order valence-electron chi connectivity index (χ0n) is 17.9. The maximum atomic E-state index is 13.1. The molecule has 1 saturated heterocycles. The second-order valence-corrected chi connectivity index (χ2v) is 9.63. The van der Waals surface area contributed by atoms with Gasteiger partial charge in [-0.2, -0.15) is 0 Å². The fourth-order valence-corrected chi connectivity index (χ4v) is 4.93. The monoisotopic (exact) mass is 561 g/mol. The molecule has 2 amide bonds. The van der Waals surface area contributed by atoms with E-state index in [0.29, 0.717) is 31.5 Å². The highest BCUT2D eigenvalue weighted by molar-refractivity contribution is 9.10. The van der Waals surface area contributed by atoms with E-state index < -0.39 is 0 Å². The molecule has 3 aromatic rings. The molecular formula is C25H18BrClFNO4S. The molecule has 0 aliphatic carbocycles. The van der Waals surface area contributed by atoms with Crippen LogP contribution in [0.3, 0.4) is 0 Å². The average molecular weight is 563 g/mol. The van der Waals surface area contributed by atoms with Crippen LogP contribution in [0.5, 0.6) is 11.5 Å². The minimum absolute atomic E-state index is 0.145. The van der Waals surface area contributed by atoms with E-state index in [4.69, 9.17) is 21.1 Å². The minimum Gasteiger partial charge on any atom is -0.493 e. The molecule has 9 heteroatoms. The second kappa shape index (κ2) is 10.6. The number of carbonyl (C=O) groups is 2. The first kappa shape index (κ1) is 24.3. The van der Waals surface area contributed by atoms with Crippen molar-refractivity contribution in [3.8, 4) is 11.5 Å². The van der Waals surface area contributed by atoms with Crippen molar-refractivity contribution in [1.29, 1.82) is 0 Å². The Labute approximate surface area is 213 Å². The molecule has 0 saturated carbocycles. The minimum atomic E-state index is -0.373. The molecule has 1 aliphatic rings. The van der Waals surface area contributed by atoms with Gasteiger partial charge in [-0.1, -0.05) is 35.9 Å². The number of thioether (sulfide) groups is 1. The average Bonchev–Trinajstić information content (AvgIpc) is 3.06. The lowest BCUT2D eigenvalue weighted by atomic mass is 10.1. The Kier molecular flexibility index (Phi) is 7.60. The van der Waals surface area contributed by atoms with Gasteiger partial charge in [0.2, 0.25) is 0 Å². The quantitative estimate of drug-likeness (QED) is 0.288. The summed E-state index contributed by atoms with van der Waals surface area (Å²) in [5.41, 5.74) is 2.22. The zero-order chi connectivity index (χ0) is 24.2. The molecule has 0 N–H and O–H groups in total. The van der Waals surface area contributed by atoms with Crippen molar-refractivity contribution >= 4 is 56.5 Å². The molecule has 0 radical (unpaired) electrons. The Hall–Kier alpha value is -2.81. The summed E-state index contributed by atoms with van der Waals surface area (Å²) < 4.78 is 25.1. The van der Waals surface area contributed by atoms with Crippen molar-refractivity contribution in [2.24, 2.45) is 0 Å². The maximum absolute atomic E-state index is 13.1. The van der Waals surface area contributed by atoms with E-state index in [0.717, 1.165) is 22.9 Å².